The van der Waals surface area contributed by atoms with Gasteiger partial charge >= 0.3 is 0 Å². The van der Waals surface area contributed by atoms with Gasteiger partial charge in [-0.3, -0.25) is 19.6 Å². The predicted molar refractivity (Wildman–Crippen MR) is 135 cm³/mol. The molecule has 2 amide bonds. The lowest BCUT2D eigenvalue weighted by atomic mass is 9.97. The zero-order valence-electron chi connectivity index (χ0n) is 19.5. The van der Waals surface area contributed by atoms with Crippen molar-refractivity contribution in [3.05, 3.63) is 82.9 Å². The molecule has 0 aliphatic carbocycles. The fourth-order valence-corrected chi connectivity index (χ4v) is 3.88. The average Bonchev–Trinajstić information content (AvgIpc) is 2.87. The van der Waals surface area contributed by atoms with Crippen LogP contribution >= 0.6 is 12.4 Å². The summed E-state index contributed by atoms with van der Waals surface area (Å²) in [6.07, 6.45) is 2.12. The minimum Gasteiger partial charge on any atom is -0.304 e. The number of nitrogens with zero attached hydrogens (tertiary/aromatic N) is 1. The summed E-state index contributed by atoms with van der Waals surface area (Å²) < 4.78 is 0. The molecular formula is C26H32ClN3O4. The summed E-state index contributed by atoms with van der Waals surface area (Å²) in [5.41, 5.74) is 6.92. The smallest absolute Gasteiger partial charge is 0.274 e. The molecule has 3 rings (SSSR count). The summed E-state index contributed by atoms with van der Waals surface area (Å²) in [6.45, 7) is 7.85. The Balaban J connectivity index is 0.00000408. The van der Waals surface area contributed by atoms with Crippen LogP contribution in [0.5, 0.6) is 0 Å². The van der Waals surface area contributed by atoms with Gasteiger partial charge in [0.2, 0.25) is 0 Å². The summed E-state index contributed by atoms with van der Waals surface area (Å²) in [6, 6.07) is 18.4. The van der Waals surface area contributed by atoms with E-state index in [-0.39, 0.29) is 24.6 Å². The first kappa shape index (κ1) is 27.3. The van der Waals surface area contributed by atoms with Crippen molar-refractivity contribution >= 4 is 35.0 Å². The standard InChI is InChI=1S/C26H31N3O4.ClH/c1-3-29(4-2)17-7-8-19-11-16-22(24-10-6-5-9-23(19)24)18-33-28-26(31)21-14-12-20(13-15-21)25(30)27-32;/h5-6,9-16,32H,3-4,7-8,17-18H2,1-2H3,(H,27,30)(H,28,31);1H. The molecule has 3 aromatic carbocycles. The van der Waals surface area contributed by atoms with Crippen molar-refractivity contribution in [1.29, 1.82) is 0 Å². The Morgan fingerprint density at radius 1 is 0.853 bits per heavy atom. The monoisotopic (exact) mass is 485 g/mol. The number of hydroxylamine groups is 2. The van der Waals surface area contributed by atoms with E-state index >= 15 is 0 Å². The third-order valence-corrected chi connectivity index (χ3v) is 5.82. The van der Waals surface area contributed by atoms with Gasteiger partial charge in [-0.2, -0.15) is 0 Å². The first-order valence-corrected chi connectivity index (χ1v) is 11.3. The first-order valence-electron chi connectivity index (χ1n) is 11.3. The van der Waals surface area contributed by atoms with E-state index in [1.807, 2.05) is 12.1 Å². The molecule has 7 nitrogen and oxygen atoms in total. The number of amides is 2. The molecule has 0 radical (unpaired) electrons. The highest BCUT2D eigenvalue weighted by Crippen LogP contribution is 2.24. The van der Waals surface area contributed by atoms with Gasteiger partial charge in [-0.1, -0.05) is 50.2 Å². The number of halogens is 1. The summed E-state index contributed by atoms with van der Waals surface area (Å²) >= 11 is 0. The van der Waals surface area contributed by atoms with Gasteiger partial charge in [0.25, 0.3) is 11.8 Å². The van der Waals surface area contributed by atoms with Crippen molar-refractivity contribution in [3.63, 3.8) is 0 Å². The Labute approximate surface area is 206 Å². The molecule has 8 heteroatoms. The summed E-state index contributed by atoms with van der Waals surface area (Å²) in [5.74, 6) is -1.05. The van der Waals surface area contributed by atoms with Crippen molar-refractivity contribution in [2.24, 2.45) is 0 Å². The Morgan fingerprint density at radius 3 is 2.00 bits per heavy atom. The van der Waals surface area contributed by atoms with Crippen LogP contribution in [-0.2, 0) is 17.9 Å². The Kier molecular flexibility index (Phi) is 11.0. The van der Waals surface area contributed by atoms with E-state index in [0.29, 0.717) is 5.56 Å². The van der Waals surface area contributed by atoms with E-state index in [1.54, 1.807) is 5.48 Å². The third kappa shape index (κ3) is 7.01. The maximum atomic E-state index is 12.3. The maximum absolute atomic E-state index is 12.3. The highest BCUT2D eigenvalue weighted by Gasteiger charge is 2.10. The van der Waals surface area contributed by atoms with Crippen LogP contribution in [0.25, 0.3) is 10.8 Å². The number of rotatable bonds is 11. The summed E-state index contributed by atoms with van der Waals surface area (Å²) in [4.78, 5) is 31.6. The number of nitrogens with one attached hydrogen (secondary N) is 2. The molecule has 0 aromatic heterocycles. The zero-order chi connectivity index (χ0) is 23.6. The Morgan fingerprint density at radius 2 is 1.41 bits per heavy atom. The topological polar surface area (TPSA) is 90.9 Å². The van der Waals surface area contributed by atoms with Gasteiger partial charge in [0.1, 0.15) is 6.61 Å². The van der Waals surface area contributed by atoms with Crippen molar-refractivity contribution in [2.45, 2.75) is 33.3 Å². The van der Waals surface area contributed by atoms with Crippen molar-refractivity contribution in [3.8, 4) is 0 Å². The zero-order valence-corrected chi connectivity index (χ0v) is 20.4. The molecule has 0 saturated carbocycles. The molecule has 0 saturated heterocycles. The van der Waals surface area contributed by atoms with Gasteiger partial charge in [-0.05, 0) is 78.6 Å². The largest absolute Gasteiger partial charge is 0.304 e. The van der Waals surface area contributed by atoms with Crippen LogP contribution in [0.4, 0.5) is 0 Å². The van der Waals surface area contributed by atoms with E-state index in [9.17, 15) is 9.59 Å². The number of hydrogen-bond acceptors (Lipinski definition) is 5. The van der Waals surface area contributed by atoms with Gasteiger partial charge in [0.15, 0.2) is 0 Å². The van der Waals surface area contributed by atoms with Crippen LogP contribution in [0, 0.1) is 0 Å². The first-order chi connectivity index (χ1) is 16.1. The molecule has 0 unspecified atom stereocenters. The van der Waals surface area contributed by atoms with Crippen LogP contribution in [0.2, 0.25) is 0 Å². The second-order valence-corrected chi connectivity index (χ2v) is 7.80. The quantitative estimate of drug-likeness (QED) is 0.274. The Hall–Kier alpha value is -2.97. The lowest BCUT2D eigenvalue weighted by Crippen LogP contribution is -2.24. The lowest BCUT2D eigenvalue weighted by molar-refractivity contribution is 0.0237. The van der Waals surface area contributed by atoms with E-state index in [4.69, 9.17) is 10.0 Å². The average molecular weight is 486 g/mol. The molecule has 0 heterocycles. The molecule has 0 spiro atoms. The molecular weight excluding hydrogens is 454 g/mol. The highest BCUT2D eigenvalue weighted by atomic mass is 35.5. The molecule has 0 fully saturated rings. The minimum absolute atomic E-state index is 0. The fourth-order valence-electron chi connectivity index (χ4n) is 3.88. The predicted octanol–water partition coefficient (Wildman–Crippen LogP) is 4.52. The summed E-state index contributed by atoms with van der Waals surface area (Å²) in [5, 5.41) is 11.0. The molecule has 3 aromatic rings. The fraction of sp³-hybridized carbons (Fsp3) is 0.308. The van der Waals surface area contributed by atoms with E-state index in [1.165, 1.54) is 35.2 Å². The molecule has 0 aliphatic rings. The number of hydrogen-bond donors (Lipinski definition) is 3. The number of benzene rings is 3. The lowest BCUT2D eigenvalue weighted by Gasteiger charge is -2.18. The van der Waals surface area contributed by atoms with E-state index in [0.717, 1.165) is 43.4 Å². The van der Waals surface area contributed by atoms with Crippen molar-refractivity contribution < 1.29 is 19.6 Å². The summed E-state index contributed by atoms with van der Waals surface area (Å²) in [7, 11) is 0. The second kappa shape index (κ2) is 13.7. The molecule has 182 valence electrons. The van der Waals surface area contributed by atoms with Gasteiger partial charge in [0.05, 0.1) is 0 Å². The van der Waals surface area contributed by atoms with Crippen LogP contribution in [0.3, 0.4) is 0 Å². The molecule has 3 N–H and O–H groups in total. The minimum atomic E-state index is -0.637. The normalized spacial score (nSPS) is 10.7. The van der Waals surface area contributed by atoms with Gasteiger partial charge in [-0.25, -0.2) is 11.0 Å². The van der Waals surface area contributed by atoms with E-state index < -0.39 is 11.8 Å². The number of fused-ring (bicyclic) bond motifs is 1. The number of aryl methyl sites for hydroxylation is 1. The van der Waals surface area contributed by atoms with Crippen LogP contribution in [-0.4, -0.2) is 41.6 Å². The molecule has 0 atom stereocenters. The van der Waals surface area contributed by atoms with Crippen molar-refractivity contribution in [1.82, 2.24) is 15.9 Å². The second-order valence-electron chi connectivity index (χ2n) is 7.80. The Bertz CT molecular complexity index is 1090. The van der Waals surface area contributed by atoms with Gasteiger partial charge in [-0.15, -0.1) is 12.4 Å². The van der Waals surface area contributed by atoms with Crippen LogP contribution in [0.1, 0.15) is 52.1 Å². The number of carbonyl (C=O) groups is 2. The molecule has 34 heavy (non-hydrogen) atoms. The maximum Gasteiger partial charge on any atom is 0.274 e. The van der Waals surface area contributed by atoms with Gasteiger partial charge < -0.3 is 4.90 Å². The van der Waals surface area contributed by atoms with Crippen LogP contribution < -0.4 is 11.0 Å². The third-order valence-electron chi connectivity index (χ3n) is 5.82. The van der Waals surface area contributed by atoms with E-state index in [2.05, 4.69) is 48.5 Å². The molecule has 0 aliphatic heterocycles. The van der Waals surface area contributed by atoms with Crippen LogP contribution in [0.15, 0.2) is 60.7 Å². The SMILES string of the molecule is CCN(CC)CCCc1ccc(CONC(=O)c2ccc(C(=O)NO)cc2)c2ccccc12.Cl. The van der Waals surface area contributed by atoms with Gasteiger partial charge in [0, 0.05) is 11.1 Å². The molecule has 0 bridgehead atoms. The number of carbonyl (C=O) groups excluding carboxylic acids is 2. The van der Waals surface area contributed by atoms with Crippen molar-refractivity contribution in [2.75, 3.05) is 19.6 Å². The highest BCUT2D eigenvalue weighted by molar-refractivity contribution is 5.97.